The van der Waals surface area contributed by atoms with Crippen LogP contribution in [-0.4, -0.2) is 42.7 Å². The first-order valence-corrected chi connectivity index (χ1v) is 11.4. The van der Waals surface area contributed by atoms with Gasteiger partial charge in [0.2, 0.25) is 5.89 Å². The summed E-state index contributed by atoms with van der Waals surface area (Å²) in [6, 6.07) is 11.7. The van der Waals surface area contributed by atoms with Crippen LogP contribution in [0.25, 0.3) is 11.3 Å². The highest BCUT2D eigenvalue weighted by atomic mass is 32.2. The monoisotopic (exact) mass is 455 g/mol. The van der Waals surface area contributed by atoms with Crippen LogP contribution in [0.1, 0.15) is 24.3 Å². The molecular weight excluding hydrogens is 437 g/mol. The lowest BCUT2D eigenvalue weighted by Gasteiger charge is -2.24. The number of ether oxygens (including phenoxy) is 1. The zero-order chi connectivity index (χ0) is 22.3. The SMILES string of the molecule is O=C(OCc1ncc(-c2ccc(F)cc2)o1)[C@H]1CCCN1C1=NS(=O)(=O)c2ccccc21. The molecule has 0 spiro atoms. The highest BCUT2D eigenvalue weighted by Gasteiger charge is 2.40. The number of nitrogens with zero attached hydrogens (tertiary/aromatic N) is 3. The number of oxazole rings is 1. The maximum absolute atomic E-state index is 13.1. The summed E-state index contributed by atoms with van der Waals surface area (Å²) in [5.41, 5.74) is 1.14. The fraction of sp³-hybridized carbons (Fsp3) is 0.227. The number of hydrogen-bond acceptors (Lipinski definition) is 7. The van der Waals surface area contributed by atoms with Crippen LogP contribution >= 0.6 is 0 Å². The average Bonchev–Trinajstić information content (AvgIpc) is 3.51. The number of halogens is 1. The van der Waals surface area contributed by atoms with Gasteiger partial charge in [0.15, 0.2) is 18.2 Å². The first kappa shape index (κ1) is 20.4. The summed E-state index contributed by atoms with van der Waals surface area (Å²) in [5.74, 6) is 0.0446. The van der Waals surface area contributed by atoms with Gasteiger partial charge in [-0.25, -0.2) is 14.2 Å². The van der Waals surface area contributed by atoms with Crippen molar-refractivity contribution in [2.75, 3.05) is 6.54 Å². The van der Waals surface area contributed by atoms with E-state index in [1.807, 2.05) is 0 Å². The molecule has 0 radical (unpaired) electrons. The van der Waals surface area contributed by atoms with Crippen molar-refractivity contribution < 1.29 is 26.8 Å². The van der Waals surface area contributed by atoms with E-state index >= 15 is 0 Å². The van der Waals surface area contributed by atoms with Crippen molar-refractivity contribution in [1.29, 1.82) is 0 Å². The van der Waals surface area contributed by atoms with Gasteiger partial charge < -0.3 is 14.1 Å². The van der Waals surface area contributed by atoms with Crippen molar-refractivity contribution >= 4 is 21.8 Å². The minimum atomic E-state index is -3.78. The second kappa shape index (κ2) is 7.86. The Kier molecular flexibility index (Phi) is 5.01. The zero-order valence-corrected chi connectivity index (χ0v) is 17.6. The van der Waals surface area contributed by atoms with Gasteiger partial charge in [-0.15, -0.1) is 4.40 Å². The van der Waals surface area contributed by atoms with Crippen LogP contribution in [0.15, 0.2) is 68.4 Å². The number of carbonyl (C=O) groups is 1. The molecule has 8 nitrogen and oxygen atoms in total. The standard InChI is InChI=1S/C22H18FN3O5S/c23-15-9-7-14(8-10-15)18-12-24-20(31-18)13-30-22(27)17-5-3-11-26(17)21-16-4-1-2-6-19(16)32(28,29)25-21/h1-2,4,6-10,12,17H,3,5,11,13H2/t17-/m1/s1. The number of aromatic nitrogens is 1. The molecule has 164 valence electrons. The molecule has 1 aromatic heterocycles. The van der Waals surface area contributed by atoms with Crippen LogP contribution in [0.4, 0.5) is 4.39 Å². The number of esters is 1. The molecule has 0 N–H and O–H groups in total. The topological polar surface area (TPSA) is 102 Å². The van der Waals surface area contributed by atoms with Crippen molar-refractivity contribution in [2.24, 2.45) is 4.40 Å². The quantitative estimate of drug-likeness (QED) is 0.557. The number of benzene rings is 2. The number of rotatable bonds is 4. The summed E-state index contributed by atoms with van der Waals surface area (Å²) in [6.45, 7) is 0.321. The molecule has 2 aromatic carbocycles. The van der Waals surface area contributed by atoms with Gasteiger partial charge in [0.1, 0.15) is 16.8 Å². The third kappa shape index (κ3) is 3.66. The van der Waals surface area contributed by atoms with Gasteiger partial charge in [0.25, 0.3) is 10.0 Å². The Morgan fingerprint density at radius 2 is 1.97 bits per heavy atom. The molecule has 1 fully saturated rings. The number of hydrogen-bond donors (Lipinski definition) is 0. The maximum atomic E-state index is 13.1. The molecule has 0 aliphatic carbocycles. The molecule has 0 bridgehead atoms. The second-order valence-corrected chi connectivity index (χ2v) is 9.04. The van der Waals surface area contributed by atoms with Gasteiger partial charge in [-0.1, -0.05) is 12.1 Å². The summed E-state index contributed by atoms with van der Waals surface area (Å²) in [4.78, 5) is 18.7. The fourth-order valence-electron chi connectivity index (χ4n) is 3.91. The van der Waals surface area contributed by atoms with Gasteiger partial charge in [0, 0.05) is 17.7 Å². The lowest BCUT2D eigenvalue weighted by atomic mass is 10.1. The highest BCUT2D eigenvalue weighted by molar-refractivity contribution is 7.90. The summed E-state index contributed by atoms with van der Waals surface area (Å²) in [5, 5.41) is 0. The van der Waals surface area contributed by atoms with Gasteiger partial charge in [-0.05, 0) is 49.2 Å². The number of likely N-dealkylation sites (tertiary alicyclic amines) is 1. The summed E-state index contributed by atoms with van der Waals surface area (Å²) < 4.78 is 52.7. The van der Waals surface area contributed by atoms with Gasteiger partial charge in [-0.3, -0.25) is 0 Å². The van der Waals surface area contributed by atoms with E-state index in [-0.39, 0.29) is 29.0 Å². The summed E-state index contributed by atoms with van der Waals surface area (Å²) in [7, 11) is -3.78. The molecule has 32 heavy (non-hydrogen) atoms. The second-order valence-electron chi connectivity index (χ2n) is 7.47. The molecule has 3 heterocycles. The Morgan fingerprint density at radius 3 is 2.78 bits per heavy atom. The molecule has 10 heteroatoms. The molecule has 0 unspecified atom stereocenters. The van der Waals surface area contributed by atoms with Crippen LogP contribution in [-0.2, 0) is 26.2 Å². The van der Waals surface area contributed by atoms with Gasteiger partial charge in [0.05, 0.1) is 6.20 Å². The average molecular weight is 455 g/mol. The van der Waals surface area contributed by atoms with Gasteiger partial charge in [-0.2, -0.15) is 8.42 Å². The Bertz CT molecular complexity index is 1320. The molecular formula is C22H18FN3O5S. The number of fused-ring (bicyclic) bond motifs is 1. The van der Waals surface area contributed by atoms with Gasteiger partial charge >= 0.3 is 5.97 Å². The molecule has 1 atom stereocenters. The van der Waals surface area contributed by atoms with E-state index in [0.29, 0.717) is 36.3 Å². The van der Waals surface area contributed by atoms with Crippen LogP contribution < -0.4 is 0 Å². The van der Waals surface area contributed by atoms with Crippen molar-refractivity contribution in [3.63, 3.8) is 0 Å². The summed E-state index contributed by atoms with van der Waals surface area (Å²) in [6.07, 6.45) is 2.70. The van der Waals surface area contributed by atoms with Crippen LogP contribution in [0.2, 0.25) is 0 Å². The largest absolute Gasteiger partial charge is 0.454 e. The van der Waals surface area contributed by atoms with E-state index in [1.165, 1.54) is 24.4 Å². The number of amidine groups is 1. The third-order valence-corrected chi connectivity index (χ3v) is 6.75. The van der Waals surface area contributed by atoms with Crippen LogP contribution in [0, 0.1) is 5.82 Å². The molecule has 2 aliphatic heterocycles. The minimum Gasteiger partial charge on any atom is -0.454 e. The Hall–Kier alpha value is -3.53. The highest BCUT2D eigenvalue weighted by Crippen LogP contribution is 2.31. The number of sulfonamides is 1. The Labute approximate surface area is 183 Å². The van der Waals surface area contributed by atoms with Crippen molar-refractivity contribution in [2.45, 2.75) is 30.4 Å². The third-order valence-electron chi connectivity index (χ3n) is 5.43. The Morgan fingerprint density at radius 1 is 1.19 bits per heavy atom. The minimum absolute atomic E-state index is 0.141. The zero-order valence-electron chi connectivity index (χ0n) is 16.8. The van der Waals surface area contributed by atoms with Crippen molar-refractivity contribution in [3.05, 3.63) is 72.0 Å². The fourth-order valence-corrected chi connectivity index (χ4v) is 5.13. The molecule has 5 rings (SSSR count). The van der Waals surface area contributed by atoms with Crippen molar-refractivity contribution in [1.82, 2.24) is 9.88 Å². The Balaban J connectivity index is 1.29. The van der Waals surface area contributed by atoms with E-state index in [0.717, 1.165) is 0 Å². The van der Waals surface area contributed by atoms with E-state index < -0.39 is 22.0 Å². The van der Waals surface area contributed by atoms with Crippen LogP contribution in [0.3, 0.4) is 0 Å². The van der Waals surface area contributed by atoms with E-state index in [2.05, 4.69) is 9.38 Å². The lowest BCUT2D eigenvalue weighted by Crippen LogP contribution is -2.41. The smallest absolute Gasteiger partial charge is 0.329 e. The van der Waals surface area contributed by atoms with E-state index in [9.17, 15) is 17.6 Å². The van der Waals surface area contributed by atoms with Crippen LogP contribution in [0.5, 0.6) is 0 Å². The summed E-state index contributed by atoms with van der Waals surface area (Å²) >= 11 is 0. The molecule has 1 saturated heterocycles. The predicted octanol–water partition coefficient (Wildman–Crippen LogP) is 3.14. The van der Waals surface area contributed by atoms with E-state index in [4.69, 9.17) is 9.15 Å². The molecule has 3 aromatic rings. The lowest BCUT2D eigenvalue weighted by molar-refractivity contribution is -0.149. The van der Waals surface area contributed by atoms with E-state index in [1.54, 1.807) is 35.2 Å². The normalized spacial score (nSPS) is 19.0. The molecule has 0 amide bonds. The van der Waals surface area contributed by atoms with Crippen molar-refractivity contribution in [3.8, 4) is 11.3 Å². The molecule has 2 aliphatic rings. The number of carbonyl (C=O) groups excluding carboxylic acids is 1. The maximum Gasteiger partial charge on any atom is 0.329 e. The first-order chi connectivity index (χ1) is 15.4. The first-order valence-electron chi connectivity index (χ1n) is 10.0. The molecule has 0 saturated carbocycles. The predicted molar refractivity (Wildman–Crippen MR) is 112 cm³/mol.